The minimum absolute atomic E-state index is 0.0212. The maximum Gasteiger partial charge on any atom is 0.296 e. The zero-order valence-electron chi connectivity index (χ0n) is 33.1. The smallest absolute Gasteiger partial charge is 0.296 e. The van der Waals surface area contributed by atoms with Gasteiger partial charge in [0.05, 0.1) is 44.0 Å². The van der Waals surface area contributed by atoms with Crippen molar-refractivity contribution in [2.24, 2.45) is 0 Å². The summed E-state index contributed by atoms with van der Waals surface area (Å²) in [5.41, 5.74) is 33.6. The van der Waals surface area contributed by atoms with Crippen molar-refractivity contribution in [3.63, 3.8) is 0 Å². The third kappa shape index (κ3) is 13.1. The molecule has 0 unspecified atom stereocenters. The molecule has 0 amide bonds. The highest BCUT2D eigenvalue weighted by molar-refractivity contribution is 7.86. The van der Waals surface area contributed by atoms with Crippen LogP contribution in [0.1, 0.15) is 0 Å². The van der Waals surface area contributed by atoms with Crippen LogP contribution in [0.4, 0.5) is 68.2 Å². The van der Waals surface area contributed by atoms with Crippen LogP contribution < -0.4 is 45.0 Å². The lowest BCUT2D eigenvalue weighted by Gasteiger charge is -2.15. The average molecular weight is 993 g/mol. The number of nitrogens with one attached hydrogen (secondary N) is 2. The molecule has 0 saturated carbocycles. The monoisotopic (exact) mass is 992 g/mol. The van der Waals surface area contributed by atoms with E-state index in [1.165, 1.54) is 12.1 Å². The van der Waals surface area contributed by atoms with Crippen molar-refractivity contribution in [3.05, 3.63) is 129 Å². The molecule has 66 heavy (non-hydrogen) atoms. The van der Waals surface area contributed by atoms with E-state index in [-0.39, 0.29) is 45.3 Å². The molecule has 0 spiro atoms. The van der Waals surface area contributed by atoms with Gasteiger partial charge in [-0.05, 0) is 84.9 Å². The molecule has 6 aromatic carbocycles. The molecule has 0 heterocycles. The van der Waals surface area contributed by atoms with Crippen LogP contribution in [0, 0.1) is 20.2 Å². The first-order valence-corrected chi connectivity index (χ1v) is 23.2. The Balaban J connectivity index is 0.000000217. The molecule has 6 rings (SSSR count). The molecule has 0 fully saturated rings. The van der Waals surface area contributed by atoms with Gasteiger partial charge in [-0.1, -0.05) is 0 Å². The van der Waals surface area contributed by atoms with E-state index in [2.05, 4.69) is 10.6 Å². The van der Waals surface area contributed by atoms with E-state index in [9.17, 15) is 72.1 Å². The quantitative estimate of drug-likeness (QED) is 0.0367. The van der Waals surface area contributed by atoms with E-state index >= 15 is 0 Å². The molecule has 18 N–H and O–H groups in total. The second-order valence-corrected chi connectivity index (χ2v) is 18.8. The predicted octanol–water partition coefficient (Wildman–Crippen LogP) is 4.51. The fraction of sp³-hybridized carbons (Fsp3) is 0. The van der Waals surface area contributed by atoms with Gasteiger partial charge in [-0.2, -0.15) is 33.7 Å². The zero-order valence-corrected chi connectivity index (χ0v) is 36.3. The Morgan fingerprint density at radius 3 is 0.924 bits per heavy atom. The Bertz CT molecular complexity index is 3100. The molecule has 30 heteroatoms. The SMILES string of the molecule is Nc1cc(-c2cc(N)c(N)cc2S(=O)(=O)O)c(S(=O)(=O)O)cc1N.Nc1ccc(Nc2ccc([N+](=O)[O-])cc2S(=O)(=O)O)cc1.Nc1ccc(Nc2ccc([N+](=O)[O-])cc2S(=O)(=O)O)cc1. The van der Waals surface area contributed by atoms with Crippen molar-refractivity contribution in [1.29, 1.82) is 0 Å². The molecule has 0 radical (unpaired) electrons. The molecule has 26 nitrogen and oxygen atoms in total. The summed E-state index contributed by atoms with van der Waals surface area (Å²) in [6.07, 6.45) is 0. The molecule has 0 aliphatic rings. The van der Waals surface area contributed by atoms with Crippen LogP contribution >= 0.6 is 0 Å². The van der Waals surface area contributed by atoms with Gasteiger partial charge in [-0.25, -0.2) is 0 Å². The highest BCUT2D eigenvalue weighted by atomic mass is 32.2. The van der Waals surface area contributed by atoms with Crippen molar-refractivity contribution in [3.8, 4) is 11.1 Å². The summed E-state index contributed by atoms with van der Waals surface area (Å²) in [5.74, 6) is 0. The van der Waals surface area contributed by atoms with Gasteiger partial charge in [0.15, 0.2) is 0 Å². The van der Waals surface area contributed by atoms with Crippen molar-refractivity contribution >= 4 is 109 Å². The van der Waals surface area contributed by atoms with Gasteiger partial charge in [0.1, 0.15) is 19.6 Å². The highest BCUT2D eigenvalue weighted by Gasteiger charge is 2.26. The minimum Gasteiger partial charge on any atom is -0.399 e. The predicted molar refractivity (Wildman–Crippen MR) is 243 cm³/mol. The van der Waals surface area contributed by atoms with Crippen LogP contribution in [0.2, 0.25) is 0 Å². The Morgan fingerprint density at radius 1 is 0.394 bits per heavy atom. The first kappa shape index (κ1) is 50.8. The van der Waals surface area contributed by atoms with Crippen LogP contribution in [-0.4, -0.2) is 61.7 Å². The van der Waals surface area contributed by atoms with Gasteiger partial charge >= 0.3 is 0 Å². The second-order valence-electron chi connectivity index (χ2n) is 13.2. The van der Waals surface area contributed by atoms with Crippen molar-refractivity contribution in [2.75, 3.05) is 45.0 Å². The Hall–Kier alpha value is -7.84. The molecular formula is C36H36N10O16S4. The molecule has 0 bridgehead atoms. The number of benzene rings is 6. The Morgan fingerprint density at radius 2 is 0.667 bits per heavy atom. The third-order valence-electron chi connectivity index (χ3n) is 8.50. The summed E-state index contributed by atoms with van der Waals surface area (Å²) in [6.45, 7) is 0. The first-order chi connectivity index (χ1) is 30.4. The first-order valence-electron chi connectivity index (χ1n) is 17.5. The van der Waals surface area contributed by atoms with Gasteiger partial charge in [-0.15, -0.1) is 0 Å². The maximum atomic E-state index is 11.6. The summed E-state index contributed by atoms with van der Waals surface area (Å²) in [5, 5.41) is 26.9. The Kier molecular flexibility index (Phi) is 15.0. The standard InChI is InChI=1S/C12H14N4O6S2.2C12H11N3O5S/c13-7-1-5(11(3-9(7)15)23(17,18)19)6-2-8(14)10(16)4-12(6)24(20,21)22;2*13-8-1-3-9(4-2-8)14-11-6-5-10(15(16)17)7-12(11)21(18,19)20/h1-4H,13-16H2,(H,17,18,19)(H,20,21,22);2*1-7,14H,13H2,(H,18,19,20). The summed E-state index contributed by atoms with van der Waals surface area (Å²) < 4.78 is 129. The number of rotatable bonds is 11. The van der Waals surface area contributed by atoms with Crippen molar-refractivity contribution < 1.29 is 61.7 Å². The lowest BCUT2D eigenvalue weighted by Crippen LogP contribution is -2.09. The van der Waals surface area contributed by atoms with Crippen LogP contribution in [0.5, 0.6) is 0 Å². The zero-order chi connectivity index (χ0) is 49.7. The maximum absolute atomic E-state index is 11.6. The number of nitrogens with zero attached hydrogens (tertiary/aromatic N) is 2. The van der Waals surface area contributed by atoms with E-state index in [1.807, 2.05) is 0 Å². The molecule has 6 aromatic rings. The highest BCUT2D eigenvalue weighted by Crippen LogP contribution is 2.39. The molecule has 0 atom stereocenters. The molecule has 0 aliphatic heterocycles. The van der Waals surface area contributed by atoms with E-state index in [0.717, 1.165) is 48.5 Å². The molecule has 0 aliphatic carbocycles. The van der Waals surface area contributed by atoms with Crippen LogP contribution in [0.15, 0.2) is 129 Å². The summed E-state index contributed by atoms with van der Waals surface area (Å²) in [7, 11) is -18.8. The van der Waals surface area contributed by atoms with Crippen LogP contribution in [0.25, 0.3) is 11.1 Å². The number of nitrogens with two attached hydrogens (primary N) is 6. The van der Waals surface area contributed by atoms with Crippen molar-refractivity contribution in [2.45, 2.75) is 19.6 Å². The van der Waals surface area contributed by atoms with Crippen LogP contribution in [-0.2, 0) is 40.5 Å². The van der Waals surface area contributed by atoms with Gasteiger partial charge < -0.3 is 45.0 Å². The van der Waals surface area contributed by atoms with Gasteiger partial charge in [0, 0.05) is 58.1 Å². The summed E-state index contributed by atoms with van der Waals surface area (Å²) in [4.78, 5) is 17.3. The largest absolute Gasteiger partial charge is 0.399 e. The third-order valence-corrected chi connectivity index (χ3v) is 12.1. The molecule has 0 saturated heterocycles. The number of nitrogen functional groups attached to an aromatic ring is 6. The topological polar surface area (TPSA) is 484 Å². The van der Waals surface area contributed by atoms with E-state index in [4.69, 9.17) is 34.4 Å². The summed E-state index contributed by atoms with van der Waals surface area (Å²) in [6, 6.07) is 22.9. The molecular weight excluding hydrogens is 957 g/mol. The average Bonchev–Trinajstić information content (AvgIpc) is 3.20. The second kappa shape index (κ2) is 19.5. The number of hydrogen-bond acceptors (Lipinski definition) is 20. The van der Waals surface area contributed by atoms with Crippen LogP contribution in [0.3, 0.4) is 0 Å². The van der Waals surface area contributed by atoms with E-state index in [1.54, 1.807) is 48.5 Å². The van der Waals surface area contributed by atoms with Gasteiger partial charge in [0.2, 0.25) is 0 Å². The minimum atomic E-state index is -4.79. The fourth-order valence-corrected chi connectivity index (χ4v) is 8.18. The lowest BCUT2D eigenvalue weighted by atomic mass is 10.0. The van der Waals surface area contributed by atoms with Gasteiger partial charge in [0.25, 0.3) is 51.8 Å². The van der Waals surface area contributed by atoms with E-state index < -0.39 is 81.3 Å². The normalized spacial score (nSPS) is 11.5. The van der Waals surface area contributed by atoms with E-state index in [0.29, 0.717) is 22.7 Å². The number of nitro groups is 2. The lowest BCUT2D eigenvalue weighted by molar-refractivity contribution is -0.385. The number of anilines is 10. The molecule has 350 valence electrons. The number of nitro benzene ring substituents is 2. The summed E-state index contributed by atoms with van der Waals surface area (Å²) >= 11 is 0. The van der Waals surface area contributed by atoms with Gasteiger partial charge in [-0.3, -0.25) is 38.4 Å². The Labute approximate surface area is 374 Å². The number of hydrogen-bond donors (Lipinski definition) is 12. The van der Waals surface area contributed by atoms with Crippen molar-refractivity contribution in [1.82, 2.24) is 0 Å². The molecule has 0 aromatic heterocycles. The number of non-ortho nitro benzene ring substituents is 2. The fourth-order valence-electron chi connectivity index (χ4n) is 5.40.